The predicted molar refractivity (Wildman–Crippen MR) is 179 cm³/mol. The van der Waals surface area contributed by atoms with Crippen molar-refractivity contribution in [1.29, 1.82) is 0 Å². The van der Waals surface area contributed by atoms with Crippen molar-refractivity contribution in [3.05, 3.63) is 95.8 Å². The third-order valence-corrected chi connectivity index (χ3v) is 10.6. The van der Waals surface area contributed by atoms with Crippen LogP contribution >= 0.6 is 0 Å². The molecule has 2 N–H and O–H groups in total. The normalized spacial score (nSPS) is 27.9. The summed E-state index contributed by atoms with van der Waals surface area (Å²) in [5.74, 6) is 1.22. The molecule has 4 unspecified atom stereocenters. The number of nitrogens with two attached hydrogens (primary N) is 1. The van der Waals surface area contributed by atoms with E-state index in [1.54, 1.807) is 0 Å². The lowest BCUT2D eigenvalue weighted by atomic mass is 9.87. The van der Waals surface area contributed by atoms with Gasteiger partial charge in [-0.25, -0.2) is 4.39 Å². The standard InChI is InChI=1S/C38H45FN4O2/c1-24(39)17-32-26(3)33(38(44)42-16-7-6-12-31(42)22-41-15-8-9-25(41)2)23-43-34-20-28-10-4-5-11-29(28)21-35(34)45-36(37(32)43)19-27-13-14-30(40)18-27/h4-5,10-11,17,20-21,23,25,27,30-31H,1,3,6-9,12-16,18-19,22,40H2,2H3/b32-17-. The van der Waals surface area contributed by atoms with Crippen LogP contribution in [0.4, 0.5) is 10.1 Å². The number of nitrogens with zero attached hydrogens (tertiary/aromatic N) is 3. The van der Waals surface area contributed by atoms with Gasteiger partial charge in [0.25, 0.3) is 5.91 Å². The van der Waals surface area contributed by atoms with E-state index in [-0.39, 0.29) is 18.0 Å². The summed E-state index contributed by atoms with van der Waals surface area (Å²) in [6.45, 7) is 13.0. The summed E-state index contributed by atoms with van der Waals surface area (Å²) in [6, 6.07) is 13.2. The minimum absolute atomic E-state index is 0.0388. The third kappa shape index (κ3) is 5.77. The minimum Gasteiger partial charge on any atom is -0.457 e. The highest BCUT2D eigenvalue weighted by Crippen LogP contribution is 2.49. The van der Waals surface area contributed by atoms with Gasteiger partial charge in [0, 0.05) is 49.4 Å². The van der Waals surface area contributed by atoms with Crippen LogP contribution in [0.15, 0.2) is 95.8 Å². The van der Waals surface area contributed by atoms with Crippen molar-refractivity contribution < 1.29 is 13.9 Å². The van der Waals surface area contributed by atoms with Crippen molar-refractivity contribution in [3.63, 3.8) is 0 Å². The first-order valence-electron chi connectivity index (χ1n) is 16.8. The molecule has 2 saturated heterocycles. The molecule has 4 aliphatic heterocycles. The zero-order chi connectivity index (χ0) is 31.2. The van der Waals surface area contributed by atoms with E-state index >= 15 is 0 Å². The number of hydrogen-bond acceptors (Lipinski definition) is 5. The Kier molecular flexibility index (Phi) is 8.17. The van der Waals surface area contributed by atoms with E-state index in [0.717, 1.165) is 85.3 Å². The number of piperidine rings is 1. The average molecular weight is 609 g/mol. The van der Waals surface area contributed by atoms with E-state index in [1.807, 2.05) is 23.2 Å². The Morgan fingerprint density at radius 3 is 2.60 bits per heavy atom. The number of fused-ring (bicyclic) bond motifs is 4. The lowest BCUT2D eigenvalue weighted by molar-refractivity contribution is -0.131. The van der Waals surface area contributed by atoms with E-state index in [9.17, 15) is 9.18 Å². The molecule has 1 saturated carbocycles. The van der Waals surface area contributed by atoms with Gasteiger partial charge in [-0.3, -0.25) is 9.69 Å². The summed E-state index contributed by atoms with van der Waals surface area (Å²) in [4.78, 5) is 21.2. The number of likely N-dealkylation sites (tertiary alicyclic amines) is 2. The SMILES string of the molecule is C=C(F)/C=C1/C(=C)C(C(=O)N2CCCCC2CN2CCCC2C)=CN2C1=C(CC1CCC(N)C1)Oc1cc3ccccc3cc12. The van der Waals surface area contributed by atoms with Gasteiger partial charge in [0.05, 0.1) is 17.0 Å². The molecule has 7 heteroatoms. The molecule has 2 aromatic rings. The van der Waals surface area contributed by atoms with Gasteiger partial charge in [-0.2, -0.15) is 0 Å². The van der Waals surface area contributed by atoms with E-state index in [4.69, 9.17) is 10.5 Å². The van der Waals surface area contributed by atoms with Gasteiger partial charge in [-0.05, 0) is 105 Å². The quantitative estimate of drug-likeness (QED) is 0.368. The largest absolute Gasteiger partial charge is 0.457 e. The molecule has 1 amide bonds. The number of carbonyl (C=O) groups is 1. The Labute approximate surface area is 266 Å². The van der Waals surface area contributed by atoms with Gasteiger partial charge >= 0.3 is 0 Å². The second-order valence-corrected chi connectivity index (χ2v) is 13.7. The number of halogens is 1. The van der Waals surface area contributed by atoms with Crippen LogP contribution in [-0.4, -0.2) is 53.5 Å². The summed E-state index contributed by atoms with van der Waals surface area (Å²) in [7, 11) is 0. The fraction of sp³-hybridized carbons (Fsp3) is 0.447. The Hall–Kier alpha value is -3.68. The molecular formula is C38H45FN4O2. The smallest absolute Gasteiger partial charge is 0.256 e. The molecule has 0 aromatic heterocycles. The van der Waals surface area contributed by atoms with Crippen molar-refractivity contribution >= 4 is 22.4 Å². The summed E-state index contributed by atoms with van der Waals surface area (Å²) < 4.78 is 21.5. The molecule has 0 spiro atoms. The zero-order valence-corrected chi connectivity index (χ0v) is 26.4. The molecule has 236 valence electrons. The van der Waals surface area contributed by atoms with Crippen molar-refractivity contribution in [1.82, 2.24) is 9.80 Å². The van der Waals surface area contributed by atoms with E-state index in [1.165, 1.54) is 18.9 Å². The topological polar surface area (TPSA) is 62.0 Å². The Morgan fingerprint density at radius 1 is 1.09 bits per heavy atom. The molecule has 0 bridgehead atoms. The lowest BCUT2D eigenvalue weighted by Crippen LogP contribution is -2.51. The number of allylic oxidation sites excluding steroid dienone is 4. The monoisotopic (exact) mass is 608 g/mol. The second kappa shape index (κ2) is 12.3. The fourth-order valence-electron chi connectivity index (χ4n) is 8.17. The highest BCUT2D eigenvalue weighted by molar-refractivity contribution is 6.02. The van der Waals surface area contributed by atoms with Gasteiger partial charge in [-0.15, -0.1) is 0 Å². The van der Waals surface area contributed by atoms with Crippen LogP contribution in [0.5, 0.6) is 5.75 Å². The number of anilines is 1. The number of benzene rings is 2. The van der Waals surface area contributed by atoms with Gasteiger partial charge in [0.15, 0.2) is 5.75 Å². The van der Waals surface area contributed by atoms with Crippen LogP contribution < -0.4 is 15.4 Å². The van der Waals surface area contributed by atoms with Crippen molar-refractivity contribution in [2.45, 2.75) is 82.8 Å². The maximum Gasteiger partial charge on any atom is 0.256 e. The lowest BCUT2D eigenvalue weighted by Gasteiger charge is -2.42. The van der Waals surface area contributed by atoms with Crippen LogP contribution in [0.2, 0.25) is 0 Å². The number of rotatable bonds is 6. The Balaban J connectivity index is 1.33. The molecule has 7 rings (SSSR count). The Morgan fingerprint density at radius 2 is 1.89 bits per heavy atom. The first-order valence-corrected chi connectivity index (χ1v) is 16.8. The summed E-state index contributed by atoms with van der Waals surface area (Å²) >= 11 is 0. The first kappa shape index (κ1) is 30.0. The molecule has 2 aromatic carbocycles. The van der Waals surface area contributed by atoms with Crippen LogP contribution in [0, 0.1) is 5.92 Å². The summed E-state index contributed by atoms with van der Waals surface area (Å²) in [5, 5.41) is 2.13. The van der Waals surface area contributed by atoms with E-state index in [2.05, 4.69) is 54.1 Å². The highest BCUT2D eigenvalue weighted by atomic mass is 19.1. The zero-order valence-electron chi connectivity index (χ0n) is 26.4. The van der Waals surface area contributed by atoms with Crippen molar-refractivity contribution in [2.24, 2.45) is 11.7 Å². The van der Waals surface area contributed by atoms with E-state index < -0.39 is 5.83 Å². The highest BCUT2D eigenvalue weighted by Gasteiger charge is 2.40. The summed E-state index contributed by atoms with van der Waals surface area (Å²) in [6.07, 6.45) is 12.5. The number of ether oxygens (including phenoxy) is 1. The van der Waals surface area contributed by atoms with Gasteiger partial charge in [-0.1, -0.05) is 37.4 Å². The molecule has 4 heterocycles. The van der Waals surface area contributed by atoms with E-state index in [0.29, 0.717) is 41.6 Å². The average Bonchev–Trinajstić information content (AvgIpc) is 3.63. The maximum atomic E-state index is 14.8. The number of hydrogen-bond donors (Lipinski definition) is 1. The number of carbonyl (C=O) groups excluding carboxylic acids is 1. The minimum atomic E-state index is -0.585. The molecule has 1 aliphatic carbocycles. The van der Waals surface area contributed by atoms with Gasteiger partial charge < -0.3 is 20.3 Å². The molecular weight excluding hydrogens is 563 g/mol. The third-order valence-electron chi connectivity index (χ3n) is 10.6. The van der Waals surface area contributed by atoms with Crippen molar-refractivity contribution in [3.8, 4) is 5.75 Å². The molecule has 3 fully saturated rings. The predicted octanol–water partition coefficient (Wildman–Crippen LogP) is 7.50. The van der Waals surface area contributed by atoms with Crippen LogP contribution in [0.25, 0.3) is 10.8 Å². The molecule has 4 atom stereocenters. The van der Waals surface area contributed by atoms with Gasteiger partial charge in [0.2, 0.25) is 0 Å². The number of amides is 1. The summed E-state index contributed by atoms with van der Waals surface area (Å²) in [5.41, 5.74) is 9.41. The second-order valence-electron chi connectivity index (χ2n) is 13.7. The molecule has 45 heavy (non-hydrogen) atoms. The first-order chi connectivity index (χ1) is 21.8. The molecule has 0 radical (unpaired) electrons. The van der Waals surface area contributed by atoms with Crippen molar-refractivity contribution in [2.75, 3.05) is 24.5 Å². The maximum absolute atomic E-state index is 14.8. The van der Waals surface area contributed by atoms with Crippen LogP contribution in [0.3, 0.4) is 0 Å². The van der Waals surface area contributed by atoms with Crippen LogP contribution in [-0.2, 0) is 4.79 Å². The van der Waals surface area contributed by atoms with Crippen LogP contribution in [0.1, 0.15) is 64.7 Å². The van der Waals surface area contributed by atoms with Gasteiger partial charge in [0.1, 0.15) is 11.6 Å². The molecule has 6 nitrogen and oxygen atoms in total. The fourth-order valence-corrected chi connectivity index (χ4v) is 8.17. The molecule has 5 aliphatic rings. The Bertz CT molecular complexity index is 1640.